The van der Waals surface area contributed by atoms with Gasteiger partial charge in [0.2, 0.25) is 0 Å². The first-order chi connectivity index (χ1) is 14.0. The fourth-order valence-corrected chi connectivity index (χ4v) is 4.57. The molecule has 2 aliphatic rings. The number of aromatic nitrogens is 4. The summed E-state index contributed by atoms with van der Waals surface area (Å²) in [6, 6.07) is 9.69. The average molecular weight is 391 g/mol. The van der Waals surface area contributed by atoms with Gasteiger partial charge in [-0.3, -0.25) is 14.6 Å². The number of likely N-dealkylation sites (tertiary alicyclic amines) is 1. The molecule has 0 bridgehead atoms. The molecule has 3 aromatic rings. The number of carbonyl (C=O) groups is 2. The highest BCUT2D eigenvalue weighted by Gasteiger charge is 2.59. The van der Waals surface area contributed by atoms with E-state index in [-0.39, 0.29) is 17.2 Å². The molecule has 148 valence electrons. The monoisotopic (exact) mass is 391 g/mol. The zero-order valence-electron chi connectivity index (χ0n) is 16.1. The summed E-state index contributed by atoms with van der Waals surface area (Å²) in [5.41, 5.74) is 2.48. The maximum Gasteiger partial charge on any atom is 0.307 e. The fourth-order valence-electron chi connectivity index (χ4n) is 4.57. The highest BCUT2D eigenvalue weighted by atomic mass is 16.4. The Bertz CT molecular complexity index is 1130. The number of hydrogen-bond acceptors (Lipinski definition) is 5. The quantitative estimate of drug-likeness (QED) is 0.736. The van der Waals surface area contributed by atoms with Crippen molar-refractivity contribution in [3.05, 3.63) is 47.9 Å². The number of piperidine rings is 1. The SMILES string of the molecule is Cc1c(C(=O)N2CCC3(CC2)CC3C(=O)O)nnn1-c1cccc2cccnc12. The summed E-state index contributed by atoms with van der Waals surface area (Å²) in [5, 5.41) is 18.6. The van der Waals surface area contributed by atoms with E-state index in [2.05, 4.69) is 15.3 Å². The topological polar surface area (TPSA) is 101 Å². The van der Waals surface area contributed by atoms with Gasteiger partial charge in [0.05, 0.1) is 22.8 Å². The Labute approximate surface area is 167 Å². The third-order valence-corrected chi connectivity index (χ3v) is 6.47. The number of benzene rings is 1. The standard InChI is InChI=1S/C21H21N5O3/c1-13-17(19(27)25-10-7-21(8-11-25)12-15(21)20(28)29)23-24-26(13)16-6-2-4-14-5-3-9-22-18(14)16/h2-6,9,15H,7-8,10-12H2,1H3,(H,28,29). The molecule has 1 amide bonds. The lowest BCUT2D eigenvalue weighted by Gasteiger charge is -2.32. The van der Waals surface area contributed by atoms with E-state index < -0.39 is 5.97 Å². The Kier molecular flexibility index (Phi) is 3.90. The number of carboxylic acid groups (broad SMARTS) is 1. The molecule has 1 saturated heterocycles. The minimum absolute atomic E-state index is 0.107. The molecule has 8 nitrogen and oxygen atoms in total. The van der Waals surface area contributed by atoms with Crippen LogP contribution in [0.1, 0.15) is 35.4 Å². The maximum absolute atomic E-state index is 13.1. The van der Waals surface area contributed by atoms with Crippen LogP contribution in [0.2, 0.25) is 0 Å². The van der Waals surface area contributed by atoms with Gasteiger partial charge in [0, 0.05) is 24.7 Å². The number of hydrogen-bond donors (Lipinski definition) is 1. The Balaban J connectivity index is 1.39. The molecule has 8 heteroatoms. The molecule has 1 unspecified atom stereocenters. The van der Waals surface area contributed by atoms with Crippen molar-refractivity contribution < 1.29 is 14.7 Å². The molecule has 1 spiro atoms. The van der Waals surface area contributed by atoms with Gasteiger partial charge in [0.1, 0.15) is 0 Å². The van der Waals surface area contributed by atoms with Gasteiger partial charge >= 0.3 is 5.97 Å². The van der Waals surface area contributed by atoms with Crippen LogP contribution in [-0.2, 0) is 4.79 Å². The molecule has 1 atom stereocenters. The number of rotatable bonds is 3. The van der Waals surface area contributed by atoms with E-state index in [1.54, 1.807) is 15.8 Å². The Morgan fingerprint density at radius 2 is 1.93 bits per heavy atom. The van der Waals surface area contributed by atoms with Crippen LogP contribution in [0.3, 0.4) is 0 Å². The van der Waals surface area contributed by atoms with Gasteiger partial charge in [-0.25, -0.2) is 4.68 Å². The van der Waals surface area contributed by atoms with Crippen LogP contribution in [0.4, 0.5) is 0 Å². The summed E-state index contributed by atoms with van der Waals surface area (Å²) < 4.78 is 1.66. The molecule has 29 heavy (non-hydrogen) atoms. The molecule has 1 N–H and O–H groups in total. The molecular weight excluding hydrogens is 370 g/mol. The summed E-state index contributed by atoms with van der Waals surface area (Å²) in [6.07, 6.45) is 3.93. The van der Waals surface area contributed by atoms with Crippen molar-refractivity contribution in [2.75, 3.05) is 13.1 Å². The van der Waals surface area contributed by atoms with Crippen LogP contribution in [-0.4, -0.2) is 55.0 Å². The van der Waals surface area contributed by atoms with Crippen LogP contribution in [0.15, 0.2) is 36.5 Å². The van der Waals surface area contributed by atoms with Crippen molar-refractivity contribution in [2.45, 2.75) is 26.2 Å². The lowest BCUT2D eigenvalue weighted by atomic mass is 9.90. The second-order valence-corrected chi connectivity index (χ2v) is 8.04. The van der Waals surface area contributed by atoms with E-state index in [1.165, 1.54) is 0 Å². The van der Waals surface area contributed by atoms with Crippen LogP contribution in [0.5, 0.6) is 0 Å². The smallest absolute Gasteiger partial charge is 0.307 e. The van der Waals surface area contributed by atoms with Crippen molar-refractivity contribution in [3.63, 3.8) is 0 Å². The Morgan fingerprint density at radius 3 is 2.66 bits per heavy atom. The zero-order chi connectivity index (χ0) is 20.2. The molecule has 1 aliphatic heterocycles. The number of fused-ring (bicyclic) bond motifs is 1. The van der Waals surface area contributed by atoms with Gasteiger partial charge in [-0.15, -0.1) is 5.10 Å². The summed E-state index contributed by atoms with van der Waals surface area (Å²) >= 11 is 0. The van der Waals surface area contributed by atoms with Gasteiger partial charge in [-0.2, -0.15) is 0 Å². The number of carboxylic acids is 1. The third kappa shape index (κ3) is 2.78. The van der Waals surface area contributed by atoms with Crippen LogP contribution in [0.25, 0.3) is 16.6 Å². The molecular formula is C21H21N5O3. The van der Waals surface area contributed by atoms with Gasteiger partial charge in [0.25, 0.3) is 5.91 Å². The van der Waals surface area contributed by atoms with Crippen LogP contribution < -0.4 is 0 Å². The highest BCUT2D eigenvalue weighted by molar-refractivity contribution is 5.94. The number of pyridine rings is 1. The fraction of sp³-hybridized carbons (Fsp3) is 0.381. The van der Waals surface area contributed by atoms with Crippen LogP contribution >= 0.6 is 0 Å². The maximum atomic E-state index is 13.1. The van der Waals surface area contributed by atoms with Crippen molar-refractivity contribution >= 4 is 22.8 Å². The van der Waals surface area contributed by atoms with Crippen molar-refractivity contribution in [1.82, 2.24) is 24.9 Å². The molecule has 1 saturated carbocycles. The predicted octanol–water partition coefficient (Wildman–Crippen LogP) is 2.45. The van der Waals surface area contributed by atoms with Crippen molar-refractivity contribution in [2.24, 2.45) is 11.3 Å². The first-order valence-electron chi connectivity index (χ1n) is 9.79. The summed E-state index contributed by atoms with van der Waals surface area (Å²) in [5.74, 6) is -1.11. The molecule has 0 radical (unpaired) electrons. The second-order valence-electron chi connectivity index (χ2n) is 8.04. The van der Waals surface area contributed by atoms with E-state index >= 15 is 0 Å². The van der Waals surface area contributed by atoms with E-state index in [1.807, 2.05) is 37.3 Å². The largest absolute Gasteiger partial charge is 0.481 e. The van der Waals surface area contributed by atoms with E-state index in [0.29, 0.717) is 24.5 Å². The van der Waals surface area contributed by atoms with E-state index in [4.69, 9.17) is 0 Å². The number of para-hydroxylation sites is 1. The second kappa shape index (κ2) is 6.37. The number of carbonyl (C=O) groups excluding carboxylic acids is 1. The highest BCUT2D eigenvalue weighted by Crippen LogP contribution is 2.59. The minimum Gasteiger partial charge on any atom is -0.481 e. The van der Waals surface area contributed by atoms with E-state index in [0.717, 1.165) is 35.9 Å². The lowest BCUT2D eigenvalue weighted by molar-refractivity contribution is -0.139. The van der Waals surface area contributed by atoms with Crippen molar-refractivity contribution in [3.8, 4) is 5.69 Å². The Hall–Kier alpha value is -3.29. The van der Waals surface area contributed by atoms with Gasteiger partial charge < -0.3 is 10.0 Å². The normalized spacial score (nSPS) is 20.2. The molecule has 3 heterocycles. The molecule has 5 rings (SSSR count). The summed E-state index contributed by atoms with van der Waals surface area (Å²) in [7, 11) is 0. The first-order valence-corrected chi connectivity index (χ1v) is 9.79. The Morgan fingerprint density at radius 1 is 1.17 bits per heavy atom. The summed E-state index contributed by atoms with van der Waals surface area (Å²) in [6.45, 7) is 2.96. The minimum atomic E-state index is -0.715. The predicted molar refractivity (Wildman–Crippen MR) is 105 cm³/mol. The van der Waals surface area contributed by atoms with Gasteiger partial charge in [-0.05, 0) is 43.7 Å². The number of nitrogens with zero attached hydrogens (tertiary/aromatic N) is 5. The number of amides is 1. The zero-order valence-corrected chi connectivity index (χ0v) is 16.1. The van der Waals surface area contributed by atoms with Gasteiger partial charge in [0.15, 0.2) is 5.69 Å². The lowest BCUT2D eigenvalue weighted by Crippen LogP contribution is -2.40. The van der Waals surface area contributed by atoms with Gasteiger partial charge in [-0.1, -0.05) is 23.4 Å². The summed E-state index contributed by atoms with van der Waals surface area (Å²) in [4.78, 5) is 30.5. The first kappa shape index (κ1) is 17.8. The molecule has 2 aromatic heterocycles. The van der Waals surface area contributed by atoms with Crippen molar-refractivity contribution in [1.29, 1.82) is 0 Å². The average Bonchev–Trinajstić information content (AvgIpc) is 3.31. The number of aliphatic carboxylic acids is 1. The van der Waals surface area contributed by atoms with E-state index in [9.17, 15) is 14.7 Å². The molecule has 1 aliphatic carbocycles. The molecule has 1 aromatic carbocycles. The van der Waals surface area contributed by atoms with Crippen LogP contribution in [0, 0.1) is 18.3 Å². The molecule has 2 fully saturated rings. The third-order valence-electron chi connectivity index (χ3n) is 6.47.